The molecule has 3 rings (SSSR count). The Balaban J connectivity index is 2.09. The molecule has 2 N–H and O–H groups in total. The molecule has 0 saturated carbocycles. The van der Waals surface area contributed by atoms with Crippen LogP contribution in [0.3, 0.4) is 0 Å². The van der Waals surface area contributed by atoms with Crippen LogP contribution in [0.15, 0.2) is 30.0 Å². The van der Waals surface area contributed by atoms with Crippen LogP contribution >= 0.6 is 23.2 Å². The number of benzene rings is 2. The minimum absolute atomic E-state index is 0.0837. The largest absolute Gasteiger partial charge is 0.504 e. The van der Waals surface area contributed by atoms with E-state index in [1.807, 2.05) is 0 Å². The first-order valence-corrected chi connectivity index (χ1v) is 7.17. The molecule has 24 heavy (non-hydrogen) atoms. The first kappa shape index (κ1) is 16.1. The molecule has 0 saturated heterocycles. The lowest BCUT2D eigenvalue weighted by Crippen LogP contribution is -1.99. The molecule has 0 spiro atoms. The second-order valence-corrected chi connectivity index (χ2v) is 5.65. The van der Waals surface area contributed by atoms with Crippen LogP contribution in [0.2, 0.25) is 10.0 Å². The summed E-state index contributed by atoms with van der Waals surface area (Å²) >= 11 is 11.9. The van der Waals surface area contributed by atoms with Gasteiger partial charge in [-0.2, -0.15) is 0 Å². The summed E-state index contributed by atoms with van der Waals surface area (Å²) in [5.74, 6) is -2.18. The highest BCUT2D eigenvalue weighted by atomic mass is 35.5. The van der Waals surface area contributed by atoms with Crippen LogP contribution in [-0.4, -0.2) is 20.9 Å². The Labute approximate surface area is 144 Å². The zero-order valence-corrected chi connectivity index (χ0v) is 13.1. The molecule has 0 unspecified atom stereocenters. The van der Waals surface area contributed by atoms with Crippen LogP contribution in [-0.2, 0) is 0 Å². The fraction of sp³-hybridized carbons (Fsp3) is 0. The van der Waals surface area contributed by atoms with Gasteiger partial charge in [-0.3, -0.25) is 14.9 Å². The van der Waals surface area contributed by atoms with Gasteiger partial charge in [-0.1, -0.05) is 23.2 Å². The number of fused-ring (bicyclic) bond motifs is 1. The molecule has 1 aliphatic rings. The summed E-state index contributed by atoms with van der Waals surface area (Å²) in [7, 11) is 0. The lowest BCUT2D eigenvalue weighted by molar-refractivity contribution is -0.386. The number of phenolic OH excluding ortho intramolecular Hbond substituents is 2. The fourth-order valence-corrected chi connectivity index (χ4v) is 2.65. The van der Waals surface area contributed by atoms with E-state index in [0.29, 0.717) is 0 Å². The molecule has 2 aromatic carbocycles. The number of nitro benzene ring substituents is 1. The van der Waals surface area contributed by atoms with Gasteiger partial charge >= 0.3 is 5.69 Å². The molecule has 2 aromatic rings. The quantitative estimate of drug-likeness (QED) is 0.360. The van der Waals surface area contributed by atoms with Crippen molar-refractivity contribution in [3.63, 3.8) is 0 Å². The third kappa shape index (κ3) is 2.53. The topological polar surface area (TPSA) is 110 Å². The predicted molar refractivity (Wildman–Crippen MR) is 85.8 cm³/mol. The molecule has 1 heterocycles. The van der Waals surface area contributed by atoms with Gasteiger partial charge in [-0.25, -0.2) is 0 Å². The number of hydrogen-bond acceptors (Lipinski definition) is 6. The van der Waals surface area contributed by atoms with Crippen molar-refractivity contribution < 1.29 is 24.7 Å². The van der Waals surface area contributed by atoms with E-state index >= 15 is 0 Å². The number of aromatic hydroxyl groups is 2. The van der Waals surface area contributed by atoms with Gasteiger partial charge in [-0.05, 0) is 29.8 Å². The number of ether oxygens (including phenoxy) is 1. The summed E-state index contributed by atoms with van der Waals surface area (Å²) in [5.41, 5.74) is -0.533. The number of halogens is 2. The summed E-state index contributed by atoms with van der Waals surface area (Å²) in [6.07, 6.45) is 1.18. The highest BCUT2D eigenvalue weighted by Crippen LogP contribution is 2.42. The molecule has 1 aliphatic heterocycles. The van der Waals surface area contributed by atoms with Crippen molar-refractivity contribution in [1.29, 1.82) is 0 Å². The van der Waals surface area contributed by atoms with Crippen LogP contribution in [0, 0.1) is 10.1 Å². The molecule has 9 heteroatoms. The molecular weight excluding hydrogens is 361 g/mol. The van der Waals surface area contributed by atoms with E-state index in [2.05, 4.69) is 0 Å². The average molecular weight is 368 g/mol. The van der Waals surface area contributed by atoms with Crippen molar-refractivity contribution in [3.8, 4) is 17.2 Å². The average Bonchev–Trinajstić information content (AvgIpc) is 2.84. The Kier molecular flexibility index (Phi) is 3.82. The monoisotopic (exact) mass is 367 g/mol. The minimum atomic E-state index is -0.866. The van der Waals surface area contributed by atoms with Crippen molar-refractivity contribution in [2.45, 2.75) is 0 Å². The number of nitrogens with zero attached hydrogens (tertiary/aromatic N) is 1. The lowest BCUT2D eigenvalue weighted by atomic mass is 10.1. The SMILES string of the molecule is O=C1C(=Cc2cc(O)c(O)c([N+](=O)[O-])c2)Oc2c(Cl)ccc(Cl)c21. The molecule has 0 amide bonds. The number of allylic oxidation sites excluding steroid dienone is 1. The standard InChI is InChI=1S/C15H7Cl2NO6/c16-7-1-2-8(17)15-12(7)14(21)11(24-15)5-6-3-9(18(22)23)13(20)10(19)4-6/h1-5,19-20H. The summed E-state index contributed by atoms with van der Waals surface area (Å²) in [4.78, 5) is 22.4. The number of carbonyl (C=O) groups is 1. The molecule has 0 fully saturated rings. The predicted octanol–water partition coefficient (Wildman–Crippen LogP) is 3.93. The first-order valence-electron chi connectivity index (χ1n) is 6.42. The van der Waals surface area contributed by atoms with Crippen molar-refractivity contribution in [3.05, 3.63) is 61.3 Å². The summed E-state index contributed by atoms with van der Waals surface area (Å²) in [6.45, 7) is 0. The second-order valence-electron chi connectivity index (χ2n) is 4.84. The zero-order chi connectivity index (χ0) is 17.6. The van der Waals surface area contributed by atoms with Gasteiger partial charge in [0.1, 0.15) is 0 Å². The zero-order valence-electron chi connectivity index (χ0n) is 11.6. The van der Waals surface area contributed by atoms with Gasteiger partial charge in [0.25, 0.3) is 0 Å². The van der Waals surface area contributed by atoms with Crippen molar-refractivity contribution in [2.75, 3.05) is 0 Å². The van der Waals surface area contributed by atoms with E-state index < -0.39 is 27.9 Å². The number of Topliss-reactive ketones (excluding diaryl/α,β-unsaturated/α-hetero) is 1. The van der Waals surface area contributed by atoms with Gasteiger partial charge in [0.15, 0.2) is 17.3 Å². The van der Waals surface area contributed by atoms with Crippen LogP contribution < -0.4 is 4.74 Å². The van der Waals surface area contributed by atoms with Gasteiger partial charge in [-0.15, -0.1) is 0 Å². The second kappa shape index (κ2) is 5.70. The first-order chi connectivity index (χ1) is 11.3. The molecule has 7 nitrogen and oxygen atoms in total. The molecular formula is C15H7Cl2NO6. The Morgan fingerprint density at radius 2 is 1.83 bits per heavy atom. The molecule has 0 radical (unpaired) electrons. The summed E-state index contributed by atoms with van der Waals surface area (Å²) in [6, 6.07) is 4.96. The van der Waals surface area contributed by atoms with Crippen molar-refractivity contribution >= 4 is 40.7 Å². The third-order valence-corrected chi connectivity index (χ3v) is 3.92. The van der Waals surface area contributed by atoms with Gasteiger partial charge < -0.3 is 14.9 Å². The molecule has 0 bridgehead atoms. The minimum Gasteiger partial charge on any atom is -0.504 e. The maximum Gasteiger partial charge on any atom is 0.315 e. The molecule has 0 aliphatic carbocycles. The van der Waals surface area contributed by atoms with E-state index in [1.54, 1.807) is 0 Å². The van der Waals surface area contributed by atoms with E-state index in [0.717, 1.165) is 12.1 Å². The molecule has 122 valence electrons. The molecule has 0 atom stereocenters. The number of phenols is 2. The Morgan fingerprint density at radius 1 is 1.17 bits per heavy atom. The van der Waals surface area contributed by atoms with Crippen molar-refractivity contribution in [1.82, 2.24) is 0 Å². The Bertz CT molecular complexity index is 938. The Morgan fingerprint density at radius 3 is 2.46 bits per heavy atom. The van der Waals surface area contributed by atoms with E-state index in [-0.39, 0.29) is 32.7 Å². The number of rotatable bonds is 2. The third-order valence-electron chi connectivity index (χ3n) is 3.31. The highest BCUT2D eigenvalue weighted by Gasteiger charge is 2.32. The van der Waals surface area contributed by atoms with E-state index in [9.17, 15) is 25.1 Å². The van der Waals surface area contributed by atoms with Gasteiger partial charge in [0.05, 0.1) is 20.5 Å². The van der Waals surface area contributed by atoms with Gasteiger partial charge in [0, 0.05) is 6.07 Å². The number of nitro groups is 1. The van der Waals surface area contributed by atoms with Crippen LogP contribution in [0.4, 0.5) is 5.69 Å². The number of ketones is 1. The Hall–Kier alpha value is -2.77. The van der Waals surface area contributed by atoms with Gasteiger partial charge in [0.2, 0.25) is 11.5 Å². The van der Waals surface area contributed by atoms with E-state index in [4.69, 9.17) is 27.9 Å². The smallest absolute Gasteiger partial charge is 0.315 e. The molecule has 0 aromatic heterocycles. The number of carbonyl (C=O) groups excluding carboxylic acids is 1. The maximum atomic E-state index is 12.4. The normalized spacial score (nSPS) is 14.6. The van der Waals surface area contributed by atoms with E-state index in [1.165, 1.54) is 18.2 Å². The fourth-order valence-electron chi connectivity index (χ4n) is 2.22. The maximum absolute atomic E-state index is 12.4. The van der Waals surface area contributed by atoms with Crippen molar-refractivity contribution in [2.24, 2.45) is 0 Å². The lowest BCUT2D eigenvalue weighted by Gasteiger charge is -2.03. The summed E-state index contributed by atoms with van der Waals surface area (Å²) < 4.78 is 5.39. The van der Waals surface area contributed by atoms with Crippen LogP contribution in [0.5, 0.6) is 17.2 Å². The highest BCUT2D eigenvalue weighted by molar-refractivity contribution is 6.39. The van der Waals surface area contributed by atoms with Crippen LogP contribution in [0.25, 0.3) is 6.08 Å². The van der Waals surface area contributed by atoms with Crippen LogP contribution in [0.1, 0.15) is 15.9 Å². The summed E-state index contributed by atoms with van der Waals surface area (Å²) in [5, 5.41) is 30.3. The number of hydrogen-bond donors (Lipinski definition) is 2.